The van der Waals surface area contributed by atoms with Gasteiger partial charge in [0.05, 0.1) is 13.2 Å². The molecule has 1 N–H and O–H groups in total. The summed E-state index contributed by atoms with van der Waals surface area (Å²) in [4.78, 5) is 9.00. The number of guanidine groups is 1. The van der Waals surface area contributed by atoms with Crippen molar-refractivity contribution < 1.29 is 4.74 Å². The Bertz CT molecular complexity index is 778. The molecule has 2 aromatic carbocycles. The summed E-state index contributed by atoms with van der Waals surface area (Å²) in [5.74, 6) is 1.80. The van der Waals surface area contributed by atoms with Crippen molar-refractivity contribution in [3.8, 4) is 5.75 Å². The van der Waals surface area contributed by atoms with Crippen molar-refractivity contribution in [1.29, 1.82) is 0 Å². The first-order chi connectivity index (χ1) is 12.6. The van der Waals surface area contributed by atoms with Gasteiger partial charge in [0.15, 0.2) is 5.96 Å². The van der Waals surface area contributed by atoms with Crippen molar-refractivity contribution in [3.63, 3.8) is 0 Å². The van der Waals surface area contributed by atoms with E-state index in [1.807, 2.05) is 19.2 Å². The molecule has 2 aromatic rings. The second-order valence-corrected chi connectivity index (χ2v) is 6.71. The summed E-state index contributed by atoms with van der Waals surface area (Å²) in [7, 11) is 7.74. The molecule has 1 unspecified atom stereocenters. The third-order valence-electron chi connectivity index (χ3n) is 4.91. The van der Waals surface area contributed by atoms with Crippen LogP contribution in [0, 0.1) is 0 Å². The van der Waals surface area contributed by atoms with Crippen molar-refractivity contribution in [2.75, 3.05) is 46.2 Å². The van der Waals surface area contributed by atoms with Gasteiger partial charge in [-0.3, -0.25) is 4.99 Å². The van der Waals surface area contributed by atoms with Gasteiger partial charge in [-0.05, 0) is 49.8 Å². The molecule has 0 saturated carbocycles. The molecule has 0 spiro atoms. The number of hydrogen-bond acceptors (Lipinski definition) is 3. The normalized spacial score (nSPS) is 14.6. The minimum atomic E-state index is 0. The molecule has 0 radical (unpaired) electrons. The summed E-state index contributed by atoms with van der Waals surface area (Å²) in [6.45, 7) is 1.73. The quantitative estimate of drug-likeness (QED) is 0.404. The van der Waals surface area contributed by atoms with E-state index in [-0.39, 0.29) is 30.0 Å². The molecule has 3 rings (SSSR count). The lowest BCUT2D eigenvalue weighted by molar-refractivity contribution is 0.297. The second kappa shape index (κ2) is 9.94. The molecule has 0 bridgehead atoms. The number of nitrogens with one attached hydrogen (secondary N) is 1. The Hall–Kier alpha value is -1.80. The average Bonchev–Trinajstić information content (AvgIpc) is 3.09. The number of nitrogens with zero attached hydrogens (tertiary/aromatic N) is 3. The fourth-order valence-electron chi connectivity index (χ4n) is 3.49. The predicted molar refractivity (Wildman–Crippen MR) is 124 cm³/mol. The predicted octanol–water partition coefficient (Wildman–Crippen LogP) is 3.55. The SMILES string of the molecule is CN=C(NCC(c1cccc(OC)c1)N(C)C)N1CCc2ccccc21.I. The maximum atomic E-state index is 5.38. The van der Waals surface area contributed by atoms with Crippen LogP contribution in [0.4, 0.5) is 5.69 Å². The molecule has 6 heteroatoms. The molecule has 146 valence electrons. The lowest BCUT2D eigenvalue weighted by Gasteiger charge is -2.28. The van der Waals surface area contributed by atoms with Gasteiger partial charge in [0.25, 0.3) is 0 Å². The Morgan fingerprint density at radius 3 is 2.70 bits per heavy atom. The molecule has 0 aliphatic carbocycles. The topological polar surface area (TPSA) is 40.1 Å². The maximum Gasteiger partial charge on any atom is 0.198 e. The molecule has 1 aliphatic heterocycles. The molecule has 27 heavy (non-hydrogen) atoms. The smallest absolute Gasteiger partial charge is 0.198 e. The van der Waals surface area contributed by atoms with Crippen molar-refractivity contribution in [1.82, 2.24) is 10.2 Å². The van der Waals surface area contributed by atoms with Crippen molar-refractivity contribution in [2.45, 2.75) is 12.5 Å². The van der Waals surface area contributed by atoms with E-state index < -0.39 is 0 Å². The van der Waals surface area contributed by atoms with Crippen molar-refractivity contribution in [2.24, 2.45) is 4.99 Å². The zero-order valence-corrected chi connectivity index (χ0v) is 18.8. The van der Waals surface area contributed by atoms with E-state index in [4.69, 9.17) is 4.74 Å². The molecule has 1 atom stereocenters. The highest BCUT2D eigenvalue weighted by Crippen LogP contribution is 2.28. The summed E-state index contributed by atoms with van der Waals surface area (Å²) in [6.07, 6.45) is 1.06. The van der Waals surface area contributed by atoms with E-state index in [2.05, 4.69) is 70.6 Å². The van der Waals surface area contributed by atoms with Crippen LogP contribution in [-0.2, 0) is 6.42 Å². The highest BCUT2D eigenvalue weighted by Gasteiger charge is 2.23. The number of anilines is 1. The number of benzene rings is 2. The summed E-state index contributed by atoms with van der Waals surface area (Å²) in [5.41, 5.74) is 3.86. The highest BCUT2D eigenvalue weighted by molar-refractivity contribution is 14.0. The van der Waals surface area contributed by atoms with Crippen LogP contribution in [0.1, 0.15) is 17.2 Å². The number of para-hydroxylation sites is 1. The van der Waals surface area contributed by atoms with Crippen molar-refractivity contribution >= 4 is 35.6 Å². The largest absolute Gasteiger partial charge is 0.497 e. The van der Waals surface area contributed by atoms with Crippen LogP contribution in [0.5, 0.6) is 5.75 Å². The van der Waals surface area contributed by atoms with E-state index >= 15 is 0 Å². The Balaban J connectivity index is 0.00000261. The zero-order valence-electron chi connectivity index (χ0n) is 16.5. The van der Waals surface area contributed by atoms with Gasteiger partial charge < -0.3 is 19.9 Å². The standard InChI is InChI=1S/C21H28N4O.HI/c1-22-21(25-13-12-16-8-5-6-11-19(16)25)23-15-20(24(2)3)17-9-7-10-18(14-17)26-4;/h5-11,14,20H,12-13,15H2,1-4H3,(H,22,23);1H. The molecule has 0 amide bonds. The van der Waals surface area contributed by atoms with Gasteiger partial charge in [0.2, 0.25) is 0 Å². The minimum absolute atomic E-state index is 0. The van der Waals surface area contributed by atoms with E-state index in [0.29, 0.717) is 0 Å². The molecular weight excluding hydrogens is 451 g/mol. The van der Waals surface area contributed by atoms with Crippen LogP contribution in [0.25, 0.3) is 0 Å². The van der Waals surface area contributed by atoms with Crippen LogP contribution in [0.15, 0.2) is 53.5 Å². The molecule has 1 aliphatic rings. The Kier molecular flexibility index (Phi) is 7.91. The van der Waals surface area contributed by atoms with Gasteiger partial charge in [-0.25, -0.2) is 0 Å². The third kappa shape index (κ3) is 4.93. The molecule has 1 heterocycles. The number of halogens is 1. The second-order valence-electron chi connectivity index (χ2n) is 6.71. The minimum Gasteiger partial charge on any atom is -0.497 e. The number of aliphatic imine (C=N–C) groups is 1. The summed E-state index contributed by atoms with van der Waals surface area (Å²) in [5, 5.41) is 3.56. The van der Waals surface area contributed by atoms with E-state index in [1.54, 1.807) is 7.11 Å². The van der Waals surface area contributed by atoms with Crippen molar-refractivity contribution in [3.05, 3.63) is 59.7 Å². The molecular formula is C21H29IN4O. The van der Waals surface area contributed by atoms with Gasteiger partial charge in [-0.15, -0.1) is 24.0 Å². The van der Waals surface area contributed by atoms with Gasteiger partial charge in [0, 0.05) is 25.8 Å². The number of hydrogen-bond donors (Lipinski definition) is 1. The number of likely N-dealkylation sites (N-methyl/N-ethyl adjacent to an activating group) is 1. The van der Waals surface area contributed by atoms with Crippen LogP contribution >= 0.6 is 24.0 Å². The summed E-state index contributed by atoms with van der Waals surface area (Å²) >= 11 is 0. The fraction of sp³-hybridized carbons (Fsp3) is 0.381. The Labute approximate surface area is 179 Å². The first-order valence-corrected chi connectivity index (χ1v) is 9.00. The summed E-state index contributed by atoms with van der Waals surface area (Å²) < 4.78 is 5.38. The maximum absolute atomic E-state index is 5.38. The number of methoxy groups -OCH3 is 1. The van der Waals surface area contributed by atoms with E-state index in [1.165, 1.54) is 16.8 Å². The van der Waals surface area contributed by atoms with Crippen LogP contribution in [0.2, 0.25) is 0 Å². The van der Waals surface area contributed by atoms with E-state index in [9.17, 15) is 0 Å². The Morgan fingerprint density at radius 1 is 1.22 bits per heavy atom. The lowest BCUT2D eigenvalue weighted by atomic mass is 10.1. The monoisotopic (exact) mass is 480 g/mol. The van der Waals surface area contributed by atoms with Gasteiger partial charge in [-0.1, -0.05) is 30.3 Å². The Morgan fingerprint density at radius 2 is 2.00 bits per heavy atom. The molecule has 0 fully saturated rings. The van der Waals surface area contributed by atoms with Gasteiger partial charge in [-0.2, -0.15) is 0 Å². The molecule has 5 nitrogen and oxygen atoms in total. The highest BCUT2D eigenvalue weighted by atomic mass is 127. The average molecular weight is 480 g/mol. The van der Waals surface area contributed by atoms with Crippen LogP contribution < -0.4 is 15.0 Å². The van der Waals surface area contributed by atoms with E-state index in [0.717, 1.165) is 31.2 Å². The van der Waals surface area contributed by atoms with Crippen LogP contribution in [0.3, 0.4) is 0 Å². The third-order valence-corrected chi connectivity index (χ3v) is 4.91. The summed E-state index contributed by atoms with van der Waals surface area (Å²) in [6, 6.07) is 17.0. The zero-order chi connectivity index (χ0) is 18.5. The van der Waals surface area contributed by atoms with Gasteiger partial charge >= 0.3 is 0 Å². The molecule has 0 aromatic heterocycles. The number of rotatable bonds is 5. The first kappa shape index (κ1) is 21.5. The fourth-order valence-corrected chi connectivity index (χ4v) is 3.49. The first-order valence-electron chi connectivity index (χ1n) is 9.00. The van der Waals surface area contributed by atoms with Gasteiger partial charge in [0.1, 0.15) is 5.75 Å². The molecule has 0 saturated heterocycles. The number of ether oxygens (including phenoxy) is 1. The lowest BCUT2D eigenvalue weighted by Crippen LogP contribution is -2.44. The number of fused-ring (bicyclic) bond motifs is 1. The van der Waals surface area contributed by atoms with Crippen LogP contribution in [-0.4, -0.2) is 52.2 Å².